The molecule has 0 bridgehead atoms. The number of aliphatic carboxylic acids is 1. The maximum atomic E-state index is 14.1. The van der Waals surface area contributed by atoms with Crippen LogP contribution in [0.15, 0.2) is 11.1 Å². The fourth-order valence-electron chi connectivity index (χ4n) is 7.53. The quantitative estimate of drug-likeness (QED) is 0.0693. The summed E-state index contributed by atoms with van der Waals surface area (Å²) in [5.74, 6) is -4.85. The van der Waals surface area contributed by atoms with Crippen LogP contribution in [-0.2, 0) is 44.8 Å². The van der Waals surface area contributed by atoms with Crippen LogP contribution < -0.4 is 5.32 Å². The molecule has 4 heterocycles. The predicted octanol–water partition coefficient (Wildman–Crippen LogP) is 1.38. The molecule has 0 aromatic carbocycles. The van der Waals surface area contributed by atoms with Crippen LogP contribution in [-0.4, -0.2) is 97.8 Å². The highest BCUT2D eigenvalue weighted by atomic mass is 16.5. The average molecular weight is 679 g/mol. The maximum Gasteiger partial charge on any atom is 0.317 e. The fraction of sp³-hybridized carbons (Fsp3) is 0.457. The number of carbonyl (C=O) groups excluding carboxylic acids is 4. The van der Waals surface area contributed by atoms with E-state index in [2.05, 4.69) is 20.3 Å². The molecular weight excluding hydrogens is 636 g/mol. The zero-order valence-electron chi connectivity index (χ0n) is 28.1. The number of ether oxygens (including phenoxy) is 1. The summed E-state index contributed by atoms with van der Waals surface area (Å²) < 4.78 is 5.11. The molecule has 5 rings (SSSR count). The van der Waals surface area contributed by atoms with Gasteiger partial charge in [0.1, 0.15) is 12.0 Å². The largest absolute Gasteiger partial charge is 0.481 e. The summed E-state index contributed by atoms with van der Waals surface area (Å²) in [5, 5.41) is 41.8. The second kappa shape index (κ2) is 14.0. The number of carbonyl (C=O) groups is 5. The number of ketones is 1. The van der Waals surface area contributed by atoms with Crippen molar-refractivity contribution in [3.63, 3.8) is 0 Å². The van der Waals surface area contributed by atoms with Gasteiger partial charge < -0.3 is 45.4 Å². The summed E-state index contributed by atoms with van der Waals surface area (Å²) >= 11 is 0. The zero-order chi connectivity index (χ0) is 35.9. The minimum Gasteiger partial charge on any atom is -0.481 e. The van der Waals surface area contributed by atoms with Crippen molar-refractivity contribution < 1.29 is 49.1 Å². The topological polar surface area (TPSA) is 235 Å². The Labute approximate surface area is 282 Å². The lowest BCUT2D eigenvalue weighted by atomic mass is 9.87. The van der Waals surface area contributed by atoms with Gasteiger partial charge in [0.2, 0.25) is 5.91 Å². The molecule has 3 aromatic rings. The lowest BCUT2D eigenvalue weighted by Crippen LogP contribution is -2.32. The smallest absolute Gasteiger partial charge is 0.317 e. The molecule has 262 valence electrons. The van der Waals surface area contributed by atoms with Crippen LogP contribution in [0.25, 0.3) is 0 Å². The summed E-state index contributed by atoms with van der Waals surface area (Å²) in [6, 6.07) is -0.536. The number of aromatic amines is 3. The van der Waals surface area contributed by atoms with Gasteiger partial charge in [0.15, 0.2) is 12.1 Å². The number of hydrogen-bond acceptors (Lipinski definition) is 9. The van der Waals surface area contributed by atoms with E-state index in [0.29, 0.717) is 68.4 Å². The first kappa shape index (κ1) is 35.5. The molecule has 0 saturated carbocycles. The Morgan fingerprint density at radius 1 is 0.918 bits per heavy atom. The number of fused-ring (bicyclic) bond motifs is 1. The number of rotatable bonds is 14. The van der Waals surface area contributed by atoms with Gasteiger partial charge in [0.05, 0.1) is 31.4 Å². The number of aldehydes is 1. The van der Waals surface area contributed by atoms with E-state index >= 15 is 0 Å². The Balaban J connectivity index is 1.63. The number of Topliss-reactive ketones (excluding diaryl/α,β-unsaturated/α-hetero) is 1. The van der Waals surface area contributed by atoms with Crippen molar-refractivity contribution >= 4 is 29.9 Å². The minimum atomic E-state index is -1.34. The third-order valence-corrected chi connectivity index (χ3v) is 10.2. The molecule has 14 nitrogen and oxygen atoms in total. The monoisotopic (exact) mass is 678 g/mol. The minimum absolute atomic E-state index is 0.0916. The third kappa shape index (κ3) is 6.15. The van der Waals surface area contributed by atoms with E-state index in [1.165, 1.54) is 7.11 Å². The van der Waals surface area contributed by atoms with Gasteiger partial charge in [-0.05, 0) is 73.9 Å². The fourth-order valence-corrected chi connectivity index (χ4v) is 7.53. The first-order valence-electron chi connectivity index (χ1n) is 16.1. The number of esters is 1. The van der Waals surface area contributed by atoms with E-state index in [4.69, 9.17) is 4.74 Å². The number of aromatic nitrogens is 3. The molecule has 0 spiro atoms. The maximum absolute atomic E-state index is 14.1. The Bertz CT molecular complexity index is 1880. The van der Waals surface area contributed by atoms with Crippen molar-refractivity contribution in [1.29, 1.82) is 0 Å². The Morgan fingerprint density at radius 3 is 2.22 bits per heavy atom. The zero-order valence-corrected chi connectivity index (χ0v) is 28.1. The number of hydrogen-bond donors (Lipinski definition) is 8. The van der Waals surface area contributed by atoms with Crippen molar-refractivity contribution in [2.75, 3.05) is 20.3 Å². The molecule has 1 amide bonds. The van der Waals surface area contributed by atoms with Gasteiger partial charge in [0, 0.05) is 65.5 Å². The van der Waals surface area contributed by atoms with Gasteiger partial charge in [-0.25, -0.2) is 0 Å². The van der Waals surface area contributed by atoms with Crippen molar-refractivity contribution in [3.8, 4) is 0 Å². The first-order valence-corrected chi connectivity index (χ1v) is 16.1. The lowest BCUT2D eigenvalue weighted by molar-refractivity contribution is -0.144. The van der Waals surface area contributed by atoms with Crippen molar-refractivity contribution in [3.05, 3.63) is 78.7 Å². The van der Waals surface area contributed by atoms with Gasteiger partial charge in [0.25, 0.3) is 0 Å². The number of aliphatic hydroxyl groups is 3. The number of carboxylic acids is 1. The molecule has 1 aliphatic heterocycles. The van der Waals surface area contributed by atoms with Gasteiger partial charge in [-0.1, -0.05) is 0 Å². The van der Waals surface area contributed by atoms with Crippen molar-refractivity contribution in [1.82, 2.24) is 20.3 Å². The number of aliphatic hydroxyl groups excluding tert-OH is 3. The number of methoxy groups -OCH3 is 1. The van der Waals surface area contributed by atoms with E-state index in [0.717, 1.165) is 17.4 Å². The molecule has 14 heteroatoms. The van der Waals surface area contributed by atoms with E-state index < -0.39 is 54.2 Å². The van der Waals surface area contributed by atoms with Gasteiger partial charge >= 0.3 is 11.9 Å². The summed E-state index contributed by atoms with van der Waals surface area (Å²) in [7, 11) is 1.20. The third-order valence-electron chi connectivity index (χ3n) is 10.2. The summed E-state index contributed by atoms with van der Waals surface area (Å²) in [6.45, 7) is 6.33. The summed E-state index contributed by atoms with van der Waals surface area (Å²) in [5.41, 5.74) is 7.82. The van der Waals surface area contributed by atoms with Crippen molar-refractivity contribution in [2.24, 2.45) is 5.92 Å². The summed E-state index contributed by atoms with van der Waals surface area (Å²) in [6.07, 6.45) is 0.0815. The van der Waals surface area contributed by atoms with Crippen LogP contribution >= 0.6 is 0 Å². The number of carboxylic acid groups (broad SMARTS) is 1. The van der Waals surface area contributed by atoms with Gasteiger partial charge in [-0.15, -0.1) is 0 Å². The number of H-pyrrole nitrogens is 3. The first-order chi connectivity index (χ1) is 23.3. The summed E-state index contributed by atoms with van der Waals surface area (Å²) in [4.78, 5) is 73.4. The molecule has 0 fully saturated rings. The molecule has 0 radical (unpaired) electrons. The van der Waals surface area contributed by atoms with Crippen LogP contribution in [0, 0.1) is 26.7 Å². The van der Waals surface area contributed by atoms with Crippen molar-refractivity contribution in [2.45, 2.75) is 77.9 Å². The highest BCUT2D eigenvalue weighted by Crippen LogP contribution is 2.47. The van der Waals surface area contributed by atoms with Crippen LogP contribution in [0.5, 0.6) is 0 Å². The average Bonchev–Trinajstić information content (AvgIpc) is 3.81. The van der Waals surface area contributed by atoms with Gasteiger partial charge in [-0.3, -0.25) is 24.0 Å². The van der Waals surface area contributed by atoms with E-state index in [1.54, 1.807) is 20.8 Å². The Morgan fingerprint density at radius 2 is 1.61 bits per heavy atom. The lowest BCUT2D eigenvalue weighted by Gasteiger charge is -2.19. The molecule has 3 aromatic heterocycles. The highest BCUT2D eigenvalue weighted by Gasteiger charge is 2.50. The Hall–Kier alpha value is -4.79. The molecule has 4 atom stereocenters. The van der Waals surface area contributed by atoms with Crippen LogP contribution in [0.3, 0.4) is 0 Å². The van der Waals surface area contributed by atoms with E-state index in [9.17, 15) is 44.4 Å². The van der Waals surface area contributed by atoms with Crippen LogP contribution in [0.2, 0.25) is 0 Å². The second-order valence-corrected chi connectivity index (χ2v) is 12.8. The molecule has 49 heavy (non-hydrogen) atoms. The molecule has 1 aliphatic carbocycles. The van der Waals surface area contributed by atoms with Crippen LogP contribution in [0.1, 0.15) is 96.4 Å². The van der Waals surface area contributed by atoms with Gasteiger partial charge in [-0.2, -0.15) is 0 Å². The number of amides is 1. The standard InChI is InChI=1S/C35H42N4O10/c1-14-18(8-9-40)23(36-24(14)12-41)11-21-17(4)28-32(38-21)29(30(33(28)46)35(48)49-5)31-19(6-7-26(44)45)15(2)20(37-31)10-22-16(3)27(25(43)13-42)34(47)39-22/h12,22,25,29-30,36-38,40,42-43H,6-11,13H2,1-5H3,(H,39,47)(H,44,45). The van der Waals surface area contributed by atoms with E-state index in [1.807, 2.05) is 6.92 Å². The van der Waals surface area contributed by atoms with Crippen LogP contribution in [0.4, 0.5) is 0 Å². The Kier molecular flexibility index (Phi) is 10.1. The highest BCUT2D eigenvalue weighted by molar-refractivity contribution is 6.14. The normalized spacial score (nSPS) is 19.4. The molecule has 2 aliphatic rings. The number of nitrogens with one attached hydrogen (secondary N) is 4. The molecule has 4 unspecified atom stereocenters. The SMILES string of the molecule is COC(=O)C1C(=O)c2c([nH]c(Cc3[nH]c(C=O)c(C)c3CCO)c2C)C1c1[nH]c(CC2NC(=O)C(C(O)CO)=C2C)c(C)c1CCC(=O)O. The molecular formula is C35H42N4O10. The second-order valence-electron chi connectivity index (χ2n) is 12.8. The predicted molar refractivity (Wildman–Crippen MR) is 175 cm³/mol. The van der Waals surface area contributed by atoms with E-state index in [-0.39, 0.29) is 37.9 Å². The molecule has 8 N–H and O–H groups in total. The molecule has 0 saturated heterocycles.